The van der Waals surface area contributed by atoms with Gasteiger partial charge in [-0.3, -0.25) is 4.90 Å². The highest BCUT2D eigenvalue weighted by atomic mass is 35.5. The Bertz CT molecular complexity index is 817. The number of ether oxygens (including phenoxy) is 1. The normalized spacial score (nSPS) is 18.3. The molecule has 1 aromatic heterocycles. The molecule has 0 unspecified atom stereocenters. The highest BCUT2D eigenvalue weighted by Gasteiger charge is 2.43. The number of benzene rings is 1. The largest absolute Gasteiger partial charge is 0.492 e. The van der Waals surface area contributed by atoms with E-state index in [0.29, 0.717) is 35.2 Å². The molecule has 138 valence electrons. The summed E-state index contributed by atoms with van der Waals surface area (Å²) in [7, 11) is 1.60. The van der Waals surface area contributed by atoms with E-state index in [1.54, 1.807) is 19.2 Å². The zero-order valence-electron chi connectivity index (χ0n) is 14.3. The van der Waals surface area contributed by atoms with Crippen LogP contribution in [0.5, 0.6) is 5.75 Å². The van der Waals surface area contributed by atoms with Crippen molar-refractivity contribution in [1.29, 1.82) is 0 Å². The fraction of sp³-hybridized carbons (Fsp3) is 0.333. The van der Waals surface area contributed by atoms with Crippen molar-refractivity contribution in [2.45, 2.75) is 25.3 Å². The number of nitrogens with one attached hydrogen (secondary N) is 1. The second-order valence-corrected chi connectivity index (χ2v) is 6.81. The molecule has 2 amide bonds. The molecule has 5 nitrogen and oxygen atoms in total. The van der Waals surface area contributed by atoms with Crippen molar-refractivity contribution in [2.75, 3.05) is 18.6 Å². The van der Waals surface area contributed by atoms with E-state index in [1.807, 2.05) is 6.92 Å². The first kappa shape index (κ1) is 18.7. The molecule has 0 saturated heterocycles. The molecule has 0 spiro atoms. The third kappa shape index (κ3) is 3.86. The van der Waals surface area contributed by atoms with Crippen LogP contribution >= 0.6 is 23.2 Å². The Balaban J connectivity index is 1.68. The molecular formula is C18H18Cl2FN3O2. The summed E-state index contributed by atoms with van der Waals surface area (Å²) in [5.41, 5.74) is 0.384. The Hall–Kier alpha value is -2.05. The van der Waals surface area contributed by atoms with Crippen LogP contribution in [0.25, 0.3) is 0 Å². The number of halogens is 3. The first-order valence-corrected chi connectivity index (χ1v) is 8.94. The van der Waals surface area contributed by atoms with Gasteiger partial charge >= 0.3 is 6.03 Å². The van der Waals surface area contributed by atoms with Crippen molar-refractivity contribution in [2.24, 2.45) is 0 Å². The van der Waals surface area contributed by atoms with E-state index in [1.165, 1.54) is 23.2 Å². The van der Waals surface area contributed by atoms with Gasteiger partial charge in [-0.15, -0.1) is 0 Å². The van der Waals surface area contributed by atoms with E-state index >= 15 is 0 Å². The monoisotopic (exact) mass is 397 g/mol. The number of hydrogen-bond acceptors (Lipinski definition) is 3. The van der Waals surface area contributed by atoms with E-state index in [2.05, 4.69) is 10.3 Å². The van der Waals surface area contributed by atoms with Crippen LogP contribution in [0.15, 0.2) is 30.5 Å². The molecule has 1 aromatic carbocycles. The van der Waals surface area contributed by atoms with Crippen molar-refractivity contribution in [3.63, 3.8) is 0 Å². The van der Waals surface area contributed by atoms with Crippen LogP contribution in [0, 0.1) is 5.82 Å². The van der Waals surface area contributed by atoms with E-state index in [9.17, 15) is 9.18 Å². The fourth-order valence-electron chi connectivity index (χ4n) is 2.76. The van der Waals surface area contributed by atoms with Crippen LogP contribution in [-0.2, 0) is 0 Å². The van der Waals surface area contributed by atoms with E-state index in [4.69, 9.17) is 27.9 Å². The lowest BCUT2D eigenvalue weighted by atomic mass is 10.1. The van der Waals surface area contributed by atoms with Crippen molar-refractivity contribution in [3.8, 4) is 5.75 Å². The summed E-state index contributed by atoms with van der Waals surface area (Å²) in [6, 6.07) is 5.63. The van der Waals surface area contributed by atoms with Gasteiger partial charge in [-0.2, -0.15) is 0 Å². The van der Waals surface area contributed by atoms with Crippen LogP contribution in [0.2, 0.25) is 10.0 Å². The standard InChI is InChI=1S/C18H18Cl2FN3O2/c1-3-26-14-6-5-12(21)16(17(14)20)11-8-13(11)23-18(25)24(2)15-7-4-10(19)9-22-15/h4-7,9,11,13H,3,8H2,1-2H3,(H,23,25)/t11-,13+/m0/s1. The van der Waals surface area contributed by atoms with Crippen molar-refractivity contribution < 1.29 is 13.9 Å². The van der Waals surface area contributed by atoms with Crippen molar-refractivity contribution in [1.82, 2.24) is 10.3 Å². The summed E-state index contributed by atoms with van der Waals surface area (Å²) in [6.45, 7) is 2.27. The van der Waals surface area contributed by atoms with Crippen molar-refractivity contribution in [3.05, 3.63) is 51.9 Å². The molecular weight excluding hydrogens is 380 g/mol. The predicted octanol–water partition coefficient (Wildman–Crippen LogP) is 4.63. The van der Waals surface area contributed by atoms with Gasteiger partial charge in [0.05, 0.1) is 16.7 Å². The number of amides is 2. The van der Waals surface area contributed by atoms with E-state index in [0.717, 1.165) is 0 Å². The maximum Gasteiger partial charge on any atom is 0.323 e. The van der Waals surface area contributed by atoms with Crippen LogP contribution in [0.3, 0.4) is 0 Å². The number of carbonyl (C=O) groups excluding carboxylic acids is 1. The maximum absolute atomic E-state index is 14.2. The molecule has 0 radical (unpaired) electrons. The molecule has 0 bridgehead atoms. The fourth-order valence-corrected chi connectivity index (χ4v) is 3.22. The van der Waals surface area contributed by atoms with Gasteiger partial charge in [-0.1, -0.05) is 23.2 Å². The third-order valence-corrected chi connectivity index (χ3v) is 4.83. The van der Waals surface area contributed by atoms with Crippen LogP contribution < -0.4 is 15.0 Å². The number of anilines is 1. The Labute approximate surface area is 161 Å². The minimum Gasteiger partial charge on any atom is -0.492 e. The number of urea groups is 1. The molecule has 1 N–H and O–H groups in total. The number of aromatic nitrogens is 1. The number of rotatable bonds is 5. The van der Waals surface area contributed by atoms with Crippen LogP contribution in [0.1, 0.15) is 24.8 Å². The van der Waals surface area contributed by atoms with E-state index in [-0.39, 0.29) is 23.0 Å². The van der Waals surface area contributed by atoms with Crippen LogP contribution in [0.4, 0.5) is 15.0 Å². The molecule has 1 aliphatic carbocycles. The SMILES string of the molecule is CCOc1ccc(F)c([C@H]2C[C@H]2NC(=O)N(C)c2ccc(Cl)cn2)c1Cl. The maximum atomic E-state index is 14.2. The summed E-state index contributed by atoms with van der Waals surface area (Å²) in [5, 5.41) is 3.62. The van der Waals surface area contributed by atoms with Gasteiger partial charge in [0.15, 0.2) is 0 Å². The summed E-state index contributed by atoms with van der Waals surface area (Å²) >= 11 is 12.1. The zero-order chi connectivity index (χ0) is 18.8. The highest BCUT2D eigenvalue weighted by molar-refractivity contribution is 6.33. The summed E-state index contributed by atoms with van der Waals surface area (Å²) in [5.74, 6) is 0.336. The number of carbonyl (C=O) groups is 1. The van der Waals surface area contributed by atoms with Gasteiger partial charge in [-0.25, -0.2) is 14.2 Å². The van der Waals surface area contributed by atoms with Crippen molar-refractivity contribution >= 4 is 35.1 Å². The van der Waals surface area contributed by atoms with Gasteiger partial charge < -0.3 is 10.1 Å². The quantitative estimate of drug-likeness (QED) is 0.799. The molecule has 2 atom stereocenters. The molecule has 3 rings (SSSR count). The third-order valence-electron chi connectivity index (χ3n) is 4.22. The van der Waals surface area contributed by atoms with E-state index < -0.39 is 5.82 Å². The predicted molar refractivity (Wildman–Crippen MR) is 99.9 cm³/mol. The van der Waals surface area contributed by atoms with Gasteiger partial charge in [0.1, 0.15) is 17.4 Å². The topological polar surface area (TPSA) is 54.5 Å². The molecule has 1 heterocycles. The molecule has 1 aliphatic rings. The number of pyridine rings is 1. The average molecular weight is 398 g/mol. The average Bonchev–Trinajstić information content (AvgIpc) is 3.36. The molecule has 8 heteroatoms. The molecule has 1 saturated carbocycles. The molecule has 2 aromatic rings. The smallest absolute Gasteiger partial charge is 0.323 e. The molecule has 1 fully saturated rings. The Morgan fingerprint density at radius 2 is 2.15 bits per heavy atom. The summed E-state index contributed by atoms with van der Waals surface area (Å²) < 4.78 is 19.7. The zero-order valence-corrected chi connectivity index (χ0v) is 15.8. The summed E-state index contributed by atoms with van der Waals surface area (Å²) in [4.78, 5) is 17.9. The lowest BCUT2D eigenvalue weighted by Crippen LogP contribution is -2.39. The lowest BCUT2D eigenvalue weighted by Gasteiger charge is -2.17. The van der Waals surface area contributed by atoms with Gasteiger partial charge in [0.25, 0.3) is 0 Å². The first-order valence-electron chi connectivity index (χ1n) is 8.18. The van der Waals surface area contributed by atoms with Gasteiger partial charge in [-0.05, 0) is 37.6 Å². The number of hydrogen-bond donors (Lipinski definition) is 1. The minimum atomic E-state index is -0.395. The Morgan fingerprint density at radius 3 is 2.81 bits per heavy atom. The second kappa shape index (κ2) is 7.68. The Kier molecular flexibility index (Phi) is 5.53. The lowest BCUT2D eigenvalue weighted by molar-refractivity contribution is 0.246. The Morgan fingerprint density at radius 1 is 1.38 bits per heavy atom. The minimum absolute atomic E-state index is 0.182. The summed E-state index contributed by atoms with van der Waals surface area (Å²) in [6.07, 6.45) is 2.08. The number of nitrogens with zero attached hydrogens (tertiary/aromatic N) is 2. The molecule has 0 aliphatic heterocycles. The van der Waals surface area contributed by atoms with Crippen LogP contribution in [-0.4, -0.2) is 30.7 Å². The van der Waals surface area contributed by atoms with Gasteiger partial charge in [0, 0.05) is 30.8 Å². The highest BCUT2D eigenvalue weighted by Crippen LogP contribution is 2.47. The first-order chi connectivity index (χ1) is 12.4. The van der Waals surface area contributed by atoms with Gasteiger partial charge in [0.2, 0.25) is 0 Å². The molecule has 26 heavy (non-hydrogen) atoms. The second-order valence-electron chi connectivity index (χ2n) is 6.00.